The second-order valence-electron chi connectivity index (χ2n) is 4.64. The van der Waals surface area contributed by atoms with Crippen molar-refractivity contribution in [3.05, 3.63) is 24.3 Å². The molecule has 0 unspecified atom stereocenters. The van der Waals surface area contributed by atoms with Crippen LogP contribution in [0.3, 0.4) is 0 Å². The van der Waals surface area contributed by atoms with E-state index in [0.717, 1.165) is 12.2 Å². The SMILES string of the molecule is CC1(CNc2ccc(N)cc2)CCC1. The third kappa shape index (κ3) is 2.00. The molecule has 2 heteroatoms. The van der Waals surface area contributed by atoms with E-state index < -0.39 is 0 Å². The molecule has 0 atom stereocenters. The molecule has 0 amide bonds. The molecule has 1 saturated carbocycles. The van der Waals surface area contributed by atoms with Crippen LogP contribution in [0.5, 0.6) is 0 Å². The zero-order chi connectivity index (χ0) is 10.0. The highest BCUT2D eigenvalue weighted by atomic mass is 14.9. The number of nitrogen functional groups attached to an aromatic ring is 1. The summed E-state index contributed by atoms with van der Waals surface area (Å²) in [5, 5.41) is 3.46. The molecule has 0 spiro atoms. The van der Waals surface area contributed by atoms with Crippen LogP contribution >= 0.6 is 0 Å². The molecule has 2 nitrogen and oxygen atoms in total. The van der Waals surface area contributed by atoms with Gasteiger partial charge in [0.25, 0.3) is 0 Å². The molecule has 76 valence electrons. The summed E-state index contributed by atoms with van der Waals surface area (Å²) < 4.78 is 0. The first-order chi connectivity index (χ1) is 6.68. The fourth-order valence-corrected chi connectivity index (χ4v) is 1.87. The van der Waals surface area contributed by atoms with Crippen LogP contribution in [0.1, 0.15) is 26.2 Å². The van der Waals surface area contributed by atoms with Crippen LogP contribution in [0.15, 0.2) is 24.3 Å². The van der Waals surface area contributed by atoms with Gasteiger partial charge in [0.05, 0.1) is 0 Å². The Morgan fingerprint density at radius 1 is 1.29 bits per heavy atom. The summed E-state index contributed by atoms with van der Waals surface area (Å²) in [7, 11) is 0. The Bertz CT molecular complexity index is 299. The zero-order valence-electron chi connectivity index (χ0n) is 8.72. The van der Waals surface area contributed by atoms with E-state index in [9.17, 15) is 0 Å². The number of nitrogens with one attached hydrogen (secondary N) is 1. The van der Waals surface area contributed by atoms with Crippen LogP contribution < -0.4 is 11.1 Å². The first-order valence-electron chi connectivity index (χ1n) is 5.27. The summed E-state index contributed by atoms with van der Waals surface area (Å²) in [4.78, 5) is 0. The lowest BCUT2D eigenvalue weighted by atomic mass is 9.70. The highest BCUT2D eigenvalue weighted by molar-refractivity contribution is 5.51. The van der Waals surface area contributed by atoms with Crippen molar-refractivity contribution in [2.24, 2.45) is 5.41 Å². The third-order valence-corrected chi connectivity index (χ3v) is 3.19. The highest BCUT2D eigenvalue weighted by Crippen LogP contribution is 2.40. The molecule has 0 heterocycles. The fourth-order valence-electron chi connectivity index (χ4n) is 1.87. The standard InChI is InChI=1S/C12H18N2/c1-12(7-2-8-12)9-14-11-5-3-10(13)4-6-11/h3-6,14H,2,7-9,13H2,1H3. The lowest BCUT2D eigenvalue weighted by Gasteiger charge is -2.38. The molecule has 2 rings (SSSR count). The summed E-state index contributed by atoms with van der Waals surface area (Å²) in [6.07, 6.45) is 4.10. The molecule has 3 N–H and O–H groups in total. The summed E-state index contributed by atoms with van der Waals surface area (Å²) in [5.41, 5.74) is 8.15. The Labute approximate surface area is 85.5 Å². The minimum atomic E-state index is 0.529. The van der Waals surface area contributed by atoms with Crippen LogP contribution in [-0.2, 0) is 0 Å². The largest absolute Gasteiger partial charge is 0.399 e. The Balaban J connectivity index is 1.88. The number of hydrogen-bond donors (Lipinski definition) is 2. The van der Waals surface area contributed by atoms with Crippen molar-refractivity contribution in [2.75, 3.05) is 17.6 Å². The van der Waals surface area contributed by atoms with Crippen LogP contribution in [0, 0.1) is 5.41 Å². The molecule has 1 aliphatic rings. The average Bonchev–Trinajstić information content (AvgIpc) is 2.14. The molecule has 0 radical (unpaired) electrons. The van der Waals surface area contributed by atoms with Crippen LogP contribution in [0.25, 0.3) is 0 Å². The topological polar surface area (TPSA) is 38.0 Å². The van der Waals surface area contributed by atoms with Crippen molar-refractivity contribution >= 4 is 11.4 Å². The Morgan fingerprint density at radius 3 is 2.43 bits per heavy atom. The highest BCUT2D eigenvalue weighted by Gasteiger charge is 2.31. The maximum absolute atomic E-state index is 5.62. The van der Waals surface area contributed by atoms with Gasteiger partial charge in [0.1, 0.15) is 0 Å². The lowest BCUT2D eigenvalue weighted by molar-refractivity contribution is 0.180. The zero-order valence-corrected chi connectivity index (χ0v) is 8.72. The average molecular weight is 190 g/mol. The third-order valence-electron chi connectivity index (χ3n) is 3.19. The van der Waals surface area contributed by atoms with Crippen LogP contribution in [0.2, 0.25) is 0 Å². The van der Waals surface area contributed by atoms with Gasteiger partial charge in [-0.05, 0) is 42.5 Å². The van der Waals surface area contributed by atoms with Crippen molar-refractivity contribution < 1.29 is 0 Å². The summed E-state index contributed by atoms with van der Waals surface area (Å²) in [5.74, 6) is 0. The second-order valence-corrected chi connectivity index (χ2v) is 4.64. The number of benzene rings is 1. The second kappa shape index (κ2) is 3.52. The van der Waals surface area contributed by atoms with Gasteiger partial charge in [-0.2, -0.15) is 0 Å². The van der Waals surface area contributed by atoms with Gasteiger partial charge >= 0.3 is 0 Å². The quantitative estimate of drug-likeness (QED) is 0.719. The van der Waals surface area contributed by atoms with Gasteiger partial charge in [0.2, 0.25) is 0 Å². The van der Waals surface area contributed by atoms with Gasteiger partial charge in [-0.1, -0.05) is 13.3 Å². The van der Waals surface area contributed by atoms with Crippen molar-refractivity contribution in [3.63, 3.8) is 0 Å². The maximum Gasteiger partial charge on any atom is 0.0341 e. The summed E-state index contributed by atoms with van der Waals surface area (Å²) in [6, 6.07) is 7.95. The Kier molecular flexibility index (Phi) is 2.36. The number of hydrogen-bond acceptors (Lipinski definition) is 2. The molecule has 0 bridgehead atoms. The first-order valence-corrected chi connectivity index (χ1v) is 5.27. The summed E-state index contributed by atoms with van der Waals surface area (Å²) >= 11 is 0. The van der Waals surface area contributed by atoms with Crippen LogP contribution in [-0.4, -0.2) is 6.54 Å². The lowest BCUT2D eigenvalue weighted by Crippen LogP contribution is -2.33. The van der Waals surface area contributed by atoms with E-state index in [-0.39, 0.29) is 0 Å². The van der Waals surface area contributed by atoms with Gasteiger partial charge in [-0.3, -0.25) is 0 Å². The molecule has 1 aromatic carbocycles. The minimum Gasteiger partial charge on any atom is -0.399 e. The molecule has 1 fully saturated rings. The number of rotatable bonds is 3. The molecular weight excluding hydrogens is 172 g/mol. The Morgan fingerprint density at radius 2 is 1.93 bits per heavy atom. The van der Waals surface area contributed by atoms with Gasteiger partial charge in [-0.15, -0.1) is 0 Å². The monoisotopic (exact) mass is 190 g/mol. The van der Waals surface area contributed by atoms with E-state index >= 15 is 0 Å². The molecule has 1 aliphatic carbocycles. The molecular formula is C12H18N2. The van der Waals surface area contributed by atoms with E-state index in [1.165, 1.54) is 24.9 Å². The van der Waals surface area contributed by atoms with Gasteiger partial charge in [0.15, 0.2) is 0 Å². The molecule has 1 aromatic rings. The van der Waals surface area contributed by atoms with Crippen molar-refractivity contribution in [2.45, 2.75) is 26.2 Å². The van der Waals surface area contributed by atoms with Crippen molar-refractivity contribution in [1.29, 1.82) is 0 Å². The summed E-state index contributed by atoms with van der Waals surface area (Å²) in [6.45, 7) is 3.43. The fraction of sp³-hybridized carbons (Fsp3) is 0.500. The van der Waals surface area contributed by atoms with E-state index in [1.807, 2.05) is 24.3 Å². The van der Waals surface area contributed by atoms with Crippen molar-refractivity contribution in [1.82, 2.24) is 0 Å². The van der Waals surface area contributed by atoms with Crippen molar-refractivity contribution in [3.8, 4) is 0 Å². The van der Waals surface area contributed by atoms with E-state index in [1.54, 1.807) is 0 Å². The van der Waals surface area contributed by atoms with Gasteiger partial charge in [-0.25, -0.2) is 0 Å². The first kappa shape index (κ1) is 9.38. The molecule has 0 aliphatic heterocycles. The smallest absolute Gasteiger partial charge is 0.0341 e. The van der Waals surface area contributed by atoms with Gasteiger partial charge in [0, 0.05) is 17.9 Å². The predicted octanol–water partition coefficient (Wildman–Crippen LogP) is 2.87. The normalized spacial score (nSPS) is 18.6. The van der Waals surface area contributed by atoms with Crippen LogP contribution in [0.4, 0.5) is 11.4 Å². The van der Waals surface area contributed by atoms with E-state index in [0.29, 0.717) is 5.41 Å². The molecule has 0 aromatic heterocycles. The number of nitrogens with two attached hydrogens (primary N) is 1. The van der Waals surface area contributed by atoms with Gasteiger partial charge < -0.3 is 11.1 Å². The minimum absolute atomic E-state index is 0.529. The molecule has 14 heavy (non-hydrogen) atoms. The maximum atomic E-state index is 5.62. The van der Waals surface area contributed by atoms with E-state index in [4.69, 9.17) is 5.73 Å². The Hall–Kier alpha value is -1.18. The van der Waals surface area contributed by atoms with E-state index in [2.05, 4.69) is 12.2 Å². The number of anilines is 2. The molecule has 0 saturated heterocycles. The predicted molar refractivity (Wildman–Crippen MR) is 61.3 cm³/mol.